The smallest absolute Gasteiger partial charge is 0.147 e. The molecule has 0 spiro atoms. The van der Waals surface area contributed by atoms with Gasteiger partial charge in [0.15, 0.2) is 0 Å². The number of hydrogen-bond acceptors (Lipinski definition) is 5. The lowest BCUT2D eigenvalue weighted by atomic mass is 10.0. The van der Waals surface area contributed by atoms with Crippen molar-refractivity contribution in [3.05, 3.63) is 11.6 Å². The molecule has 1 atom stereocenters. The van der Waals surface area contributed by atoms with Crippen LogP contribution in [0.3, 0.4) is 0 Å². The Morgan fingerprint density at radius 3 is 2.78 bits per heavy atom. The maximum atomic E-state index is 5.51. The molecule has 0 aliphatic carbocycles. The van der Waals surface area contributed by atoms with Gasteiger partial charge in [-0.3, -0.25) is 9.80 Å². The summed E-state index contributed by atoms with van der Waals surface area (Å²) >= 11 is 0. The van der Waals surface area contributed by atoms with E-state index < -0.39 is 0 Å². The van der Waals surface area contributed by atoms with Crippen LogP contribution in [0.1, 0.15) is 44.3 Å². The molecule has 3 aliphatic rings. The zero-order valence-corrected chi connectivity index (χ0v) is 14.3. The molecule has 0 unspecified atom stereocenters. The third-order valence-electron chi connectivity index (χ3n) is 5.78. The summed E-state index contributed by atoms with van der Waals surface area (Å²) < 4.78 is 7.87. The molecule has 2 fully saturated rings. The highest BCUT2D eigenvalue weighted by atomic mass is 16.5. The lowest BCUT2D eigenvalue weighted by molar-refractivity contribution is -0.00424. The lowest BCUT2D eigenvalue weighted by Crippen LogP contribution is -2.55. The summed E-state index contributed by atoms with van der Waals surface area (Å²) in [5, 5.41) is 8.87. The molecule has 1 aromatic heterocycles. The number of hydrogen-bond donors (Lipinski definition) is 0. The van der Waals surface area contributed by atoms with E-state index in [-0.39, 0.29) is 0 Å². The Hall–Kier alpha value is -0.980. The Kier molecular flexibility index (Phi) is 4.64. The zero-order valence-electron chi connectivity index (χ0n) is 14.3. The van der Waals surface area contributed by atoms with Gasteiger partial charge in [0.05, 0.1) is 6.54 Å². The first-order chi connectivity index (χ1) is 11.3. The number of aryl methyl sites for hydroxylation is 1. The number of aromatic nitrogens is 3. The van der Waals surface area contributed by atoms with Crippen LogP contribution in [0, 0.1) is 0 Å². The van der Waals surface area contributed by atoms with Crippen molar-refractivity contribution in [3.8, 4) is 0 Å². The number of piperazine rings is 1. The van der Waals surface area contributed by atoms with E-state index >= 15 is 0 Å². The molecule has 4 heterocycles. The van der Waals surface area contributed by atoms with Crippen LogP contribution in [-0.4, -0.2) is 69.5 Å². The molecule has 23 heavy (non-hydrogen) atoms. The van der Waals surface area contributed by atoms with Gasteiger partial charge in [-0.2, -0.15) is 0 Å². The van der Waals surface area contributed by atoms with Gasteiger partial charge in [0.1, 0.15) is 11.6 Å². The average molecular weight is 319 g/mol. The summed E-state index contributed by atoms with van der Waals surface area (Å²) in [5.41, 5.74) is 0. The molecule has 2 saturated heterocycles. The van der Waals surface area contributed by atoms with E-state index in [4.69, 9.17) is 4.74 Å². The van der Waals surface area contributed by atoms with Gasteiger partial charge in [-0.05, 0) is 32.6 Å². The minimum atomic E-state index is 0.586. The zero-order chi connectivity index (χ0) is 15.6. The summed E-state index contributed by atoms with van der Waals surface area (Å²) in [5.74, 6) is 2.37. The molecule has 0 radical (unpaired) electrons. The second-order valence-electron chi connectivity index (χ2n) is 7.30. The monoisotopic (exact) mass is 319 g/mol. The van der Waals surface area contributed by atoms with Crippen LogP contribution in [0.25, 0.3) is 0 Å². The van der Waals surface area contributed by atoms with E-state index in [0.717, 1.165) is 45.3 Å². The van der Waals surface area contributed by atoms with E-state index in [0.29, 0.717) is 6.04 Å². The Morgan fingerprint density at radius 2 is 1.96 bits per heavy atom. The van der Waals surface area contributed by atoms with Gasteiger partial charge in [0, 0.05) is 57.9 Å². The molecule has 0 saturated carbocycles. The molecular weight excluding hydrogens is 290 g/mol. The second kappa shape index (κ2) is 6.87. The van der Waals surface area contributed by atoms with E-state index in [2.05, 4.69) is 31.5 Å². The first kappa shape index (κ1) is 15.5. The molecule has 3 aliphatic heterocycles. The fourth-order valence-corrected chi connectivity index (χ4v) is 4.31. The quantitative estimate of drug-likeness (QED) is 0.840. The first-order valence-electron chi connectivity index (χ1n) is 9.28. The SMILES string of the molecule is C[C@H]1CN(C2CCOCC2)CCN1Cc1nnc2n1CCCC2. The summed E-state index contributed by atoms with van der Waals surface area (Å²) in [4.78, 5) is 5.27. The molecule has 0 aromatic carbocycles. The van der Waals surface area contributed by atoms with Crippen molar-refractivity contribution in [2.75, 3.05) is 32.8 Å². The van der Waals surface area contributed by atoms with Crippen molar-refractivity contribution in [2.45, 2.75) is 64.2 Å². The van der Waals surface area contributed by atoms with Crippen molar-refractivity contribution in [3.63, 3.8) is 0 Å². The van der Waals surface area contributed by atoms with Crippen molar-refractivity contribution >= 4 is 0 Å². The highest BCUT2D eigenvalue weighted by Crippen LogP contribution is 2.21. The molecule has 6 heteroatoms. The Labute approximate surface area is 138 Å². The third-order valence-corrected chi connectivity index (χ3v) is 5.78. The van der Waals surface area contributed by atoms with Crippen LogP contribution in [-0.2, 0) is 24.2 Å². The lowest BCUT2D eigenvalue weighted by Gasteiger charge is -2.44. The van der Waals surface area contributed by atoms with Crippen LogP contribution < -0.4 is 0 Å². The van der Waals surface area contributed by atoms with Crippen molar-refractivity contribution in [2.24, 2.45) is 0 Å². The standard InChI is InChI=1S/C17H29N5O/c1-14-12-21(15-5-10-23-11-6-15)9-8-20(14)13-17-19-18-16-4-2-3-7-22(16)17/h14-15H,2-13H2,1H3/t14-/m0/s1. The van der Waals surface area contributed by atoms with Gasteiger partial charge in [0.25, 0.3) is 0 Å². The molecule has 128 valence electrons. The normalized spacial score (nSPS) is 28.0. The van der Waals surface area contributed by atoms with Gasteiger partial charge in [-0.15, -0.1) is 10.2 Å². The third kappa shape index (κ3) is 3.30. The fourth-order valence-electron chi connectivity index (χ4n) is 4.31. The van der Waals surface area contributed by atoms with Crippen LogP contribution in [0.2, 0.25) is 0 Å². The van der Waals surface area contributed by atoms with Crippen LogP contribution in [0.5, 0.6) is 0 Å². The van der Waals surface area contributed by atoms with Crippen LogP contribution in [0.15, 0.2) is 0 Å². The van der Waals surface area contributed by atoms with Crippen molar-refractivity contribution in [1.29, 1.82) is 0 Å². The summed E-state index contributed by atoms with van der Waals surface area (Å²) in [6, 6.07) is 1.32. The highest BCUT2D eigenvalue weighted by Gasteiger charge is 2.30. The Morgan fingerprint density at radius 1 is 1.09 bits per heavy atom. The molecule has 6 nitrogen and oxygen atoms in total. The van der Waals surface area contributed by atoms with E-state index in [1.165, 1.54) is 50.4 Å². The molecule has 0 bridgehead atoms. The summed E-state index contributed by atoms with van der Waals surface area (Å²) in [6.07, 6.45) is 6.03. The number of nitrogens with zero attached hydrogens (tertiary/aromatic N) is 5. The highest BCUT2D eigenvalue weighted by molar-refractivity contribution is 5.00. The largest absolute Gasteiger partial charge is 0.381 e. The van der Waals surface area contributed by atoms with Gasteiger partial charge < -0.3 is 9.30 Å². The predicted molar refractivity (Wildman–Crippen MR) is 88.2 cm³/mol. The Balaban J connectivity index is 1.36. The topological polar surface area (TPSA) is 46.4 Å². The average Bonchev–Trinajstić information content (AvgIpc) is 3.01. The predicted octanol–water partition coefficient (Wildman–Crippen LogP) is 1.30. The van der Waals surface area contributed by atoms with E-state index in [9.17, 15) is 0 Å². The number of fused-ring (bicyclic) bond motifs is 1. The molecule has 1 aromatic rings. The molecular formula is C17H29N5O. The van der Waals surface area contributed by atoms with Gasteiger partial charge >= 0.3 is 0 Å². The molecule has 0 amide bonds. The minimum Gasteiger partial charge on any atom is -0.381 e. The van der Waals surface area contributed by atoms with Gasteiger partial charge in [-0.25, -0.2) is 0 Å². The molecule has 0 N–H and O–H groups in total. The maximum absolute atomic E-state index is 5.51. The second-order valence-corrected chi connectivity index (χ2v) is 7.30. The van der Waals surface area contributed by atoms with Crippen LogP contribution >= 0.6 is 0 Å². The van der Waals surface area contributed by atoms with E-state index in [1.807, 2.05) is 0 Å². The molecule has 4 rings (SSSR count). The van der Waals surface area contributed by atoms with Gasteiger partial charge in [0.2, 0.25) is 0 Å². The summed E-state index contributed by atoms with van der Waals surface area (Å²) in [6.45, 7) is 9.78. The maximum Gasteiger partial charge on any atom is 0.147 e. The summed E-state index contributed by atoms with van der Waals surface area (Å²) in [7, 11) is 0. The Bertz CT molecular complexity index is 525. The van der Waals surface area contributed by atoms with Crippen LogP contribution in [0.4, 0.5) is 0 Å². The van der Waals surface area contributed by atoms with E-state index in [1.54, 1.807) is 0 Å². The fraction of sp³-hybridized carbons (Fsp3) is 0.882. The number of rotatable bonds is 3. The van der Waals surface area contributed by atoms with Crippen molar-refractivity contribution in [1.82, 2.24) is 24.6 Å². The van der Waals surface area contributed by atoms with Crippen molar-refractivity contribution < 1.29 is 4.74 Å². The number of ether oxygens (including phenoxy) is 1. The van der Waals surface area contributed by atoms with Gasteiger partial charge in [-0.1, -0.05) is 0 Å². The first-order valence-corrected chi connectivity index (χ1v) is 9.28. The minimum absolute atomic E-state index is 0.586.